The van der Waals surface area contributed by atoms with Crippen molar-refractivity contribution >= 4 is 10.0 Å². The van der Waals surface area contributed by atoms with Gasteiger partial charge >= 0.3 is 6.18 Å². The molecule has 4 nitrogen and oxygen atoms in total. The van der Waals surface area contributed by atoms with Crippen molar-refractivity contribution in [2.45, 2.75) is 24.0 Å². The fourth-order valence-corrected chi connectivity index (χ4v) is 2.30. The molecular weight excluding hydrogens is 269 g/mol. The summed E-state index contributed by atoms with van der Waals surface area (Å²) in [6.07, 6.45) is -4.51. The van der Waals surface area contributed by atoms with Gasteiger partial charge in [0.05, 0.1) is 4.90 Å². The summed E-state index contributed by atoms with van der Waals surface area (Å²) in [4.78, 5) is 1.77. The van der Waals surface area contributed by atoms with Crippen LogP contribution in [-0.4, -0.2) is 32.7 Å². The number of rotatable bonds is 4. The minimum atomic E-state index is -4.51. The molecule has 0 radical (unpaired) electrons. The van der Waals surface area contributed by atoms with Gasteiger partial charge in [0.2, 0.25) is 0 Å². The van der Waals surface area contributed by atoms with Crippen LogP contribution in [0.3, 0.4) is 0 Å². The van der Waals surface area contributed by atoms with Gasteiger partial charge in [0, 0.05) is 7.05 Å². The van der Waals surface area contributed by atoms with Gasteiger partial charge in [-0.1, -0.05) is 18.2 Å². The first-order chi connectivity index (χ1) is 8.14. The average Bonchev–Trinajstić information content (AvgIpc) is 2.27. The molecule has 1 rings (SSSR count). The molecular formula is C10H13F3N2O2S. The Balaban J connectivity index is 2.85. The molecule has 0 bridgehead atoms. The Morgan fingerprint density at radius 3 is 2.17 bits per heavy atom. The summed E-state index contributed by atoms with van der Waals surface area (Å²) in [6.45, 7) is 0.869. The van der Waals surface area contributed by atoms with Crippen LogP contribution in [0.4, 0.5) is 13.2 Å². The van der Waals surface area contributed by atoms with E-state index in [-0.39, 0.29) is 4.90 Å². The predicted octanol–water partition coefficient (Wildman–Crippen LogP) is 1.76. The Morgan fingerprint density at radius 2 is 1.72 bits per heavy atom. The van der Waals surface area contributed by atoms with E-state index in [1.54, 1.807) is 6.07 Å². The summed E-state index contributed by atoms with van der Waals surface area (Å²) in [5, 5.41) is 0.516. The molecule has 0 aliphatic heterocycles. The molecule has 102 valence electrons. The molecule has 0 fully saturated rings. The van der Waals surface area contributed by atoms with Crippen molar-refractivity contribution in [1.82, 2.24) is 9.84 Å². The first-order valence-corrected chi connectivity index (χ1v) is 6.50. The maximum Gasteiger partial charge on any atom is 0.405 e. The molecule has 0 amide bonds. The third-order valence-electron chi connectivity index (χ3n) is 2.37. The number of nitrogens with zero attached hydrogens (tertiary/aromatic N) is 1. The lowest BCUT2D eigenvalue weighted by Crippen LogP contribution is -2.50. The molecule has 0 saturated heterocycles. The third kappa shape index (κ3) is 3.69. The molecule has 18 heavy (non-hydrogen) atoms. The molecule has 0 aromatic heterocycles. The van der Waals surface area contributed by atoms with E-state index in [0.29, 0.717) is 5.01 Å². The number of sulfonamides is 1. The van der Waals surface area contributed by atoms with Crippen molar-refractivity contribution in [3.63, 3.8) is 0 Å². The maximum atomic E-state index is 12.4. The minimum absolute atomic E-state index is 0.0915. The van der Waals surface area contributed by atoms with Crippen molar-refractivity contribution in [3.8, 4) is 0 Å². The molecule has 0 aliphatic rings. The molecule has 1 aromatic rings. The van der Waals surface area contributed by atoms with Gasteiger partial charge in [-0.3, -0.25) is 0 Å². The summed E-state index contributed by atoms with van der Waals surface area (Å²) in [5.74, 6) is 0. The van der Waals surface area contributed by atoms with Gasteiger partial charge in [-0.15, -0.1) is 4.83 Å². The minimum Gasteiger partial charge on any atom is -0.222 e. The van der Waals surface area contributed by atoms with Crippen LogP contribution < -0.4 is 4.83 Å². The topological polar surface area (TPSA) is 49.4 Å². The summed E-state index contributed by atoms with van der Waals surface area (Å²) < 4.78 is 60.7. The summed E-state index contributed by atoms with van der Waals surface area (Å²) >= 11 is 0. The second kappa shape index (κ2) is 5.25. The first kappa shape index (κ1) is 14.9. The zero-order valence-electron chi connectivity index (χ0n) is 9.77. The maximum absolute atomic E-state index is 12.4. The van der Waals surface area contributed by atoms with Crippen LogP contribution in [0.2, 0.25) is 0 Å². The van der Waals surface area contributed by atoms with Crippen molar-refractivity contribution in [2.75, 3.05) is 7.05 Å². The molecule has 0 spiro atoms. The molecule has 0 heterocycles. The molecule has 1 aromatic carbocycles. The number of benzene rings is 1. The molecule has 8 heteroatoms. The van der Waals surface area contributed by atoms with E-state index in [1.807, 2.05) is 4.83 Å². The van der Waals surface area contributed by atoms with Crippen LogP contribution in [0.1, 0.15) is 6.92 Å². The van der Waals surface area contributed by atoms with Gasteiger partial charge in [0.1, 0.15) is 6.04 Å². The Morgan fingerprint density at radius 1 is 1.22 bits per heavy atom. The zero-order valence-corrected chi connectivity index (χ0v) is 10.6. The van der Waals surface area contributed by atoms with Crippen molar-refractivity contribution in [1.29, 1.82) is 0 Å². The highest BCUT2D eigenvalue weighted by Gasteiger charge is 2.40. The molecule has 1 unspecified atom stereocenters. The quantitative estimate of drug-likeness (QED) is 0.856. The van der Waals surface area contributed by atoms with Crippen LogP contribution in [0.15, 0.2) is 35.2 Å². The lowest BCUT2D eigenvalue weighted by Gasteiger charge is -2.26. The van der Waals surface area contributed by atoms with E-state index in [4.69, 9.17) is 0 Å². The van der Waals surface area contributed by atoms with Crippen molar-refractivity contribution < 1.29 is 21.6 Å². The third-order valence-corrected chi connectivity index (χ3v) is 3.79. The van der Waals surface area contributed by atoms with E-state index in [2.05, 4.69) is 0 Å². The fraction of sp³-hybridized carbons (Fsp3) is 0.400. The smallest absolute Gasteiger partial charge is 0.222 e. The van der Waals surface area contributed by atoms with E-state index >= 15 is 0 Å². The number of hydrogen-bond acceptors (Lipinski definition) is 3. The van der Waals surface area contributed by atoms with E-state index in [9.17, 15) is 21.6 Å². The Kier molecular flexibility index (Phi) is 4.36. The summed E-state index contributed by atoms with van der Waals surface area (Å²) in [7, 11) is -2.96. The Bertz CT molecular complexity index is 488. The highest BCUT2D eigenvalue weighted by atomic mass is 32.2. The van der Waals surface area contributed by atoms with Crippen molar-refractivity contribution in [2.24, 2.45) is 0 Å². The monoisotopic (exact) mass is 282 g/mol. The van der Waals surface area contributed by atoms with Gasteiger partial charge in [0.25, 0.3) is 10.0 Å². The van der Waals surface area contributed by atoms with Crippen LogP contribution in [-0.2, 0) is 10.0 Å². The normalized spacial score (nSPS) is 14.8. The van der Waals surface area contributed by atoms with Gasteiger partial charge in [-0.2, -0.15) is 13.2 Å². The Labute approximate surface area is 103 Å². The SMILES string of the molecule is CC(N(C)NS(=O)(=O)c1ccccc1)C(F)(F)F. The van der Waals surface area contributed by atoms with Gasteiger partial charge in [-0.25, -0.2) is 13.4 Å². The van der Waals surface area contributed by atoms with E-state index in [1.165, 1.54) is 24.3 Å². The zero-order chi connectivity index (χ0) is 14.0. The second-order valence-electron chi connectivity index (χ2n) is 3.74. The lowest BCUT2D eigenvalue weighted by atomic mass is 10.3. The second-order valence-corrected chi connectivity index (χ2v) is 5.40. The summed E-state index contributed by atoms with van der Waals surface area (Å²) in [5.41, 5.74) is 0. The highest BCUT2D eigenvalue weighted by Crippen LogP contribution is 2.23. The Hall–Kier alpha value is -1.12. The predicted molar refractivity (Wildman–Crippen MR) is 60.0 cm³/mol. The number of hydrazine groups is 1. The van der Waals surface area contributed by atoms with E-state index < -0.39 is 22.2 Å². The lowest BCUT2D eigenvalue weighted by molar-refractivity contribution is -0.178. The van der Waals surface area contributed by atoms with Gasteiger partial charge < -0.3 is 0 Å². The highest BCUT2D eigenvalue weighted by molar-refractivity contribution is 7.89. The molecule has 0 aliphatic carbocycles. The molecule has 1 N–H and O–H groups in total. The number of nitrogens with one attached hydrogen (secondary N) is 1. The van der Waals surface area contributed by atoms with Crippen molar-refractivity contribution in [3.05, 3.63) is 30.3 Å². The van der Waals surface area contributed by atoms with Crippen LogP contribution in [0.25, 0.3) is 0 Å². The van der Waals surface area contributed by atoms with Gasteiger partial charge in [0.15, 0.2) is 0 Å². The molecule has 1 atom stereocenters. The van der Waals surface area contributed by atoms with Crippen LogP contribution >= 0.6 is 0 Å². The molecule has 0 saturated carbocycles. The number of halogens is 3. The standard InChI is InChI=1S/C10H13F3N2O2S/c1-8(10(11,12)13)15(2)14-18(16,17)9-6-4-3-5-7-9/h3-8,14H,1-2H3. The summed E-state index contributed by atoms with van der Waals surface area (Å²) in [6, 6.07) is 5.27. The van der Waals surface area contributed by atoms with Crippen LogP contribution in [0, 0.1) is 0 Å². The van der Waals surface area contributed by atoms with E-state index in [0.717, 1.165) is 14.0 Å². The largest absolute Gasteiger partial charge is 0.405 e. The van der Waals surface area contributed by atoms with Gasteiger partial charge in [-0.05, 0) is 19.1 Å². The fourth-order valence-electron chi connectivity index (χ4n) is 1.14. The number of alkyl halides is 3. The number of hydrogen-bond donors (Lipinski definition) is 1. The average molecular weight is 282 g/mol. The van der Waals surface area contributed by atoms with Crippen LogP contribution in [0.5, 0.6) is 0 Å². The first-order valence-electron chi connectivity index (χ1n) is 5.01.